The maximum atomic E-state index is 12.5. The van der Waals surface area contributed by atoms with Crippen molar-refractivity contribution in [1.29, 1.82) is 0 Å². The molecule has 1 aromatic rings. The van der Waals surface area contributed by atoms with Crippen LogP contribution in [0.3, 0.4) is 0 Å². The fraction of sp³-hybridized carbons (Fsp3) is 0.688. The number of thioether (sulfide) groups is 1. The van der Waals surface area contributed by atoms with Crippen LogP contribution < -0.4 is 10.6 Å². The summed E-state index contributed by atoms with van der Waals surface area (Å²) in [6, 6.07) is -0.531. The number of aromatic nitrogens is 1. The number of nitrogens with one attached hydrogen (secondary N) is 2. The highest BCUT2D eigenvalue weighted by atomic mass is 32.2. The number of carbonyl (C=O) groups excluding carboxylic acids is 2. The topological polar surface area (TPSA) is 71.1 Å². The molecular weight excluding hydrogens is 330 g/mol. The number of nitrogens with zero attached hydrogens (tertiary/aromatic N) is 1. The molecule has 128 valence electrons. The third kappa shape index (κ3) is 5.21. The average Bonchev–Trinajstić information content (AvgIpc) is 2.85. The Morgan fingerprint density at radius 1 is 1.26 bits per heavy atom. The van der Waals surface area contributed by atoms with Crippen molar-refractivity contribution in [3.05, 3.63) is 10.6 Å². The van der Waals surface area contributed by atoms with Crippen LogP contribution in [-0.2, 0) is 21.8 Å². The number of rotatable bonds is 6. The minimum absolute atomic E-state index is 0.0243. The van der Waals surface area contributed by atoms with Crippen LogP contribution in [-0.4, -0.2) is 28.6 Å². The van der Waals surface area contributed by atoms with Crippen molar-refractivity contribution in [2.75, 3.05) is 11.1 Å². The summed E-state index contributed by atoms with van der Waals surface area (Å²) in [5, 5.41) is 6.38. The number of aryl methyl sites for hydroxylation is 1. The van der Waals surface area contributed by atoms with Crippen molar-refractivity contribution in [2.45, 2.75) is 52.3 Å². The van der Waals surface area contributed by atoms with Gasteiger partial charge in [0.2, 0.25) is 11.8 Å². The van der Waals surface area contributed by atoms with Gasteiger partial charge in [0.05, 0.1) is 5.69 Å². The first kappa shape index (κ1) is 18.3. The quantitative estimate of drug-likeness (QED) is 0.823. The van der Waals surface area contributed by atoms with E-state index in [1.165, 1.54) is 4.88 Å². The normalized spacial score (nSPS) is 15.4. The predicted molar refractivity (Wildman–Crippen MR) is 96.8 cm³/mol. The summed E-state index contributed by atoms with van der Waals surface area (Å²) in [6.07, 6.45) is 1.39. The van der Waals surface area contributed by atoms with Crippen molar-refractivity contribution < 1.29 is 9.59 Å². The summed E-state index contributed by atoms with van der Waals surface area (Å²) in [5.74, 6) is 2.09. The van der Waals surface area contributed by atoms with E-state index in [0.29, 0.717) is 11.6 Å². The number of anilines is 1. The molecule has 7 heteroatoms. The van der Waals surface area contributed by atoms with E-state index in [2.05, 4.69) is 15.6 Å². The van der Waals surface area contributed by atoms with E-state index in [1.54, 1.807) is 11.3 Å². The van der Waals surface area contributed by atoms with Crippen LogP contribution in [0.4, 0.5) is 5.13 Å². The Balaban J connectivity index is 2.00. The first-order chi connectivity index (χ1) is 10.9. The predicted octanol–water partition coefficient (Wildman–Crippen LogP) is 3.06. The van der Waals surface area contributed by atoms with Gasteiger partial charge in [0, 0.05) is 17.1 Å². The Kier molecular flexibility index (Phi) is 6.47. The third-order valence-electron chi connectivity index (χ3n) is 3.58. The van der Waals surface area contributed by atoms with E-state index >= 15 is 0 Å². The number of hydrogen-bond donors (Lipinski definition) is 2. The molecule has 5 nitrogen and oxygen atoms in total. The van der Waals surface area contributed by atoms with Crippen molar-refractivity contribution in [2.24, 2.45) is 11.8 Å². The standard InChI is InChI=1S/C16H25N3O2S2/c1-9(2)7-13(20)18-14(10(3)4)15(21)19-16-17-11-5-6-22-8-12(11)23-16/h9-10,14H,5-8H2,1-4H3,(H,18,20)(H,17,19,21). The second-order valence-corrected chi connectivity index (χ2v) is 8.76. The zero-order chi connectivity index (χ0) is 17.0. The summed E-state index contributed by atoms with van der Waals surface area (Å²) < 4.78 is 0. The molecule has 2 rings (SSSR count). The molecule has 2 N–H and O–H groups in total. The number of carbonyl (C=O) groups is 2. The number of thiazole rings is 1. The molecule has 0 aliphatic carbocycles. The van der Waals surface area contributed by atoms with Gasteiger partial charge in [0.25, 0.3) is 0 Å². The molecule has 0 saturated heterocycles. The van der Waals surface area contributed by atoms with Gasteiger partial charge in [0.15, 0.2) is 5.13 Å². The highest BCUT2D eigenvalue weighted by molar-refractivity contribution is 7.98. The fourth-order valence-electron chi connectivity index (χ4n) is 2.40. The Labute approximate surface area is 146 Å². The van der Waals surface area contributed by atoms with E-state index in [0.717, 1.165) is 23.6 Å². The molecule has 1 aliphatic heterocycles. The lowest BCUT2D eigenvalue weighted by Gasteiger charge is -2.21. The zero-order valence-corrected chi connectivity index (χ0v) is 15.8. The molecule has 0 aromatic carbocycles. The van der Waals surface area contributed by atoms with Crippen LogP contribution in [0.5, 0.6) is 0 Å². The summed E-state index contributed by atoms with van der Waals surface area (Å²) in [5.41, 5.74) is 1.11. The Morgan fingerprint density at radius 3 is 2.61 bits per heavy atom. The van der Waals surface area contributed by atoms with Gasteiger partial charge >= 0.3 is 0 Å². The van der Waals surface area contributed by atoms with Crippen molar-refractivity contribution in [1.82, 2.24) is 10.3 Å². The molecule has 0 fully saturated rings. The third-order valence-corrected chi connectivity index (χ3v) is 5.77. The van der Waals surface area contributed by atoms with Gasteiger partial charge in [-0.1, -0.05) is 27.7 Å². The van der Waals surface area contributed by atoms with Crippen LogP contribution in [0.2, 0.25) is 0 Å². The van der Waals surface area contributed by atoms with Crippen molar-refractivity contribution >= 4 is 40.0 Å². The summed E-state index contributed by atoms with van der Waals surface area (Å²) >= 11 is 3.44. The van der Waals surface area contributed by atoms with Gasteiger partial charge in [-0.2, -0.15) is 11.8 Å². The summed E-state index contributed by atoms with van der Waals surface area (Å²) in [4.78, 5) is 30.3. The maximum Gasteiger partial charge on any atom is 0.248 e. The van der Waals surface area contributed by atoms with Crippen LogP contribution in [0.25, 0.3) is 0 Å². The summed E-state index contributed by atoms with van der Waals surface area (Å²) in [6.45, 7) is 7.84. The molecule has 0 spiro atoms. The van der Waals surface area contributed by atoms with Gasteiger partial charge in [-0.25, -0.2) is 4.98 Å². The zero-order valence-electron chi connectivity index (χ0n) is 14.1. The second kappa shape index (κ2) is 8.15. The molecular formula is C16H25N3O2S2. The fourth-order valence-corrected chi connectivity index (χ4v) is 4.53. The van der Waals surface area contributed by atoms with E-state index in [4.69, 9.17) is 0 Å². The molecule has 1 unspecified atom stereocenters. The SMILES string of the molecule is CC(C)CC(=O)NC(C(=O)Nc1nc2c(s1)CSCC2)C(C)C. The van der Waals surface area contributed by atoms with E-state index in [9.17, 15) is 9.59 Å². The van der Waals surface area contributed by atoms with Crippen LogP contribution in [0, 0.1) is 11.8 Å². The van der Waals surface area contributed by atoms with Gasteiger partial charge in [-0.15, -0.1) is 11.3 Å². The highest BCUT2D eigenvalue weighted by Crippen LogP contribution is 2.31. The monoisotopic (exact) mass is 355 g/mol. The Morgan fingerprint density at radius 2 is 2.00 bits per heavy atom. The van der Waals surface area contributed by atoms with Crippen LogP contribution >= 0.6 is 23.1 Å². The van der Waals surface area contributed by atoms with Gasteiger partial charge in [-0.05, 0) is 24.0 Å². The van der Waals surface area contributed by atoms with Crippen LogP contribution in [0.1, 0.15) is 44.7 Å². The molecule has 1 aromatic heterocycles. The van der Waals surface area contributed by atoms with Gasteiger partial charge in [-0.3, -0.25) is 9.59 Å². The largest absolute Gasteiger partial charge is 0.344 e. The minimum atomic E-state index is -0.531. The number of hydrogen-bond acceptors (Lipinski definition) is 5. The summed E-state index contributed by atoms with van der Waals surface area (Å²) in [7, 11) is 0. The molecule has 1 atom stereocenters. The van der Waals surface area contributed by atoms with E-state index < -0.39 is 6.04 Å². The van der Waals surface area contributed by atoms with Crippen molar-refractivity contribution in [3.63, 3.8) is 0 Å². The van der Waals surface area contributed by atoms with Gasteiger partial charge < -0.3 is 10.6 Å². The lowest BCUT2D eigenvalue weighted by Crippen LogP contribution is -2.47. The average molecular weight is 356 g/mol. The molecule has 0 saturated carbocycles. The van der Waals surface area contributed by atoms with Crippen molar-refractivity contribution in [3.8, 4) is 0 Å². The molecule has 2 amide bonds. The number of amides is 2. The smallest absolute Gasteiger partial charge is 0.248 e. The van der Waals surface area contributed by atoms with Crippen LogP contribution in [0.15, 0.2) is 0 Å². The van der Waals surface area contributed by atoms with E-state index in [-0.39, 0.29) is 23.7 Å². The molecule has 0 bridgehead atoms. The highest BCUT2D eigenvalue weighted by Gasteiger charge is 2.26. The van der Waals surface area contributed by atoms with E-state index in [1.807, 2.05) is 39.5 Å². The lowest BCUT2D eigenvalue weighted by molar-refractivity contribution is -0.127. The van der Waals surface area contributed by atoms with Gasteiger partial charge in [0.1, 0.15) is 6.04 Å². The molecule has 23 heavy (non-hydrogen) atoms. The first-order valence-electron chi connectivity index (χ1n) is 8.03. The first-order valence-corrected chi connectivity index (χ1v) is 10.0. The number of fused-ring (bicyclic) bond motifs is 1. The molecule has 0 radical (unpaired) electrons. The second-order valence-electron chi connectivity index (χ2n) is 6.57. The molecule has 1 aliphatic rings. The Hall–Kier alpha value is -1.08. The Bertz CT molecular complexity index is 546. The maximum absolute atomic E-state index is 12.5. The minimum Gasteiger partial charge on any atom is -0.344 e. The molecule has 2 heterocycles. The lowest BCUT2D eigenvalue weighted by atomic mass is 10.0.